The zero-order valence-electron chi connectivity index (χ0n) is 19.8. The van der Waals surface area contributed by atoms with Crippen LogP contribution in [0.1, 0.15) is 37.1 Å². The summed E-state index contributed by atoms with van der Waals surface area (Å²) >= 11 is 0. The Labute approximate surface area is 196 Å². The summed E-state index contributed by atoms with van der Waals surface area (Å²) in [7, 11) is 0. The van der Waals surface area contributed by atoms with Gasteiger partial charge in [0.1, 0.15) is 11.9 Å². The number of carbonyl (C=O) groups is 2. The molecule has 33 heavy (non-hydrogen) atoms. The van der Waals surface area contributed by atoms with Crippen LogP contribution in [0.3, 0.4) is 0 Å². The lowest BCUT2D eigenvalue weighted by Crippen LogP contribution is -2.50. The van der Waals surface area contributed by atoms with Crippen LogP contribution in [0.5, 0.6) is 0 Å². The highest BCUT2D eigenvalue weighted by Gasteiger charge is 2.22. The molecule has 0 spiro atoms. The lowest BCUT2D eigenvalue weighted by atomic mass is 10.0. The fourth-order valence-corrected chi connectivity index (χ4v) is 3.64. The first-order valence-corrected chi connectivity index (χ1v) is 11.6. The van der Waals surface area contributed by atoms with Crippen LogP contribution in [0, 0.1) is 12.8 Å². The quantitative estimate of drug-likeness (QED) is 0.543. The molecule has 1 atom stereocenters. The van der Waals surface area contributed by atoms with Crippen molar-refractivity contribution in [2.45, 2.75) is 46.3 Å². The van der Waals surface area contributed by atoms with Gasteiger partial charge in [-0.1, -0.05) is 49.7 Å². The molecule has 3 N–H and O–H groups in total. The first-order chi connectivity index (χ1) is 15.9. The summed E-state index contributed by atoms with van der Waals surface area (Å²) in [5.74, 6) is 0.922. The van der Waals surface area contributed by atoms with Crippen molar-refractivity contribution in [2.75, 3.05) is 31.2 Å². The van der Waals surface area contributed by atoms with Crippen LogP contribution in [0.15, 0.2) is 42.5 Å². The molecule has 0 aliphatic carbocycles. The SMILES string of the molecule is Cc1ccc(CNC(=O)NC(CC(C)C)C(=O)NCc2cccc(N3CCOCC3)n2)cc1. The molecular formula is C25H35N5O3. The zero-order valence-corrected chi connectivity index (χ0v) is 19.8. The van der Waals surface area contributed by atoms with Crippen LogP contribution in [0.25, 0.3) is 0 Å². The second-order valence-corrected chi connectivity index (χ2v) is 8.80. The molecule has 1 saturated heterocycles. The minimum absolute atomic E-state index is 0.215. The number of hydrogen-bond acceptors (Lipinski definition) is 5. The van der Waals surface area contributed by atoms with E-state index in [9.17, 15) is 9.59 Å². The predicted octanol–water partition coefficient (Wildman–Crippen LogP) is 2.76. The summed E-state index contributed by atoms with van der Waals surface area (Å²) in [4.78, 5) is 32.2. The minimum Gasteiger partial charge on any atom is -0.378 e. The highest BCUT2D eigenvalue weighted by atomic mass is 16.5. The van der Waals surface area contributed by atoms with Crippen LogP contribution in [0.4, 0.5) is 10.6 Å². The van der Waals surface area contributed by atoms with Gasteiger partial charge in [-0.2, -0.15) is 0 Å². The molecule has 1 aliphatic heterocycles. The van der Waals surface area contributed by atoms with Gasteiger partial charge in [0.15, 0.2) is 0 Å². The molecule has 2 aromatic rings. The second-order valence-electron chi connectivity index (χ2n) is 8.80. The van der Waals surface area contributed by atoms with Crippen molar-refractivity contribution in [1.29, 1.82) is 0 Å². The van der Waals surface area contributed by atoms with Crippen LogP contribution >= 0.6 is 0 Å². The molecule has 1 unspecified atom stereocenters. The van der Waals surface area contributed by atoms with E-state index in [4.69, 9.17) is 4.74 Å². The maximum Gasteiger partial charge on any atom is 0.315 e. The van der Waals surface area contributed by atoms with Crippen molar-refractivity contribution in [3.05, 3.63) is 59.3 Å². The van der Waals surface area contributed by atoms with E-state index in [1.54, 1.807) is 0 Å². The number of rotatable bonds is 9. The fraction of sp³-hybridized carbons (Fsp3) is 0.480. The third-order valence-corrected chi connectivity index (χ3v) is 5.47. The lowest BCUT2D eigenvalue weighted by molar-refractivity contribution is -0.123. The van der Waals surface area contributed by atoms with Gasteiger partial charge in [-0.3, -0.25) is 4.79 Å². The predicted molar refractivity (Wildman–Crippen MR) is 129 cm³/mol. The average Bonchev–Trinajstić information content (AvgIpc) is 2.82. The molecule has 178 valence electrons. The van der Waals surface area contributed by atoms with Gasteiger partial charge in [0.25, 0.3) is 0 Å². The number of nitrogens with zero attached hydrogens (tertiary/aromatic N) is 2. The summed E-state index contributed by atoms with van der Waals surface area (Å²) < 4.78 is 5.40. The summed E-state index contributed by atoms with van der Waals surface area (Å²) in [6.07, 6.45) is 0.547. The van der Waals surface area contributed by atoms with E-state index in [1.807, 2.05) is 63.2 Å². The number of pyridine rings is 1. The molecule has 8 nitrogen and oxygen atoms in total. The van der Waals surface area contributed by atoms with Crippen molar-refractivity contribution in [2.24, 2.45) is 5.92 Å². The summed E-state index contributed by atoms with van der Waals surface area (Å²) in [6.45, 7) is 9.78. The Morgan fingerprint density at radius 1 is 1.03 bits per heavy atom. The summed E-state index contributed by atoms with van der Waals surface area (Å²) in [5.41, 5.74) is 2.95. The molecule has 0 bridgehead atoms. The number of ether oxygens (including phenoxy) is 1. The maximum atomic E-state index is 12.9. The molecule has 1 aromatic heterocycles. The van der Waals surface area contributed by atoms with Gasteiger partial charge < -0.3 is 25.6 Å². The molecule has 1 aromatic carbocycles. The Morgan fingerprint density at radius 2 is 1.76 bits per heavy atom. The number of hydrogen-bond donors (Lipinski definition) is 3. The van der Waals surface area contributed by atoms with E-state index in [0.29, 0.717) is 32.7 Å². The van der Waals surface area contributed by atoms with E-state index in [-0.39, 0.29) is 17.9 Å². The van der Waals surface area contributed by atoms with Gasteiger partial charge >= 0.3 is 6.03 Å². The topological polar surface area (TPSA) is 95.6 Å². The van der Waals surface area contributed by atoms with Gasteiger partial charge in [-0.05, 0) is 37.0 Å². The van der Waals surface area contributed by atoms with Crippen LogP contribution in [-0.2, 0) is 22.6 Å². The van der Waals surface area contributed by atoms with Gasteiger partial charge in [0.2, 0.25) is 5.91 Å². The highest BCUT2D eigenvalue weighted by molar-refractivity contribution is 5.87. The summed E-state index contributed by atoms with van der Waals surface area (Å²) in [6, 6.07) is 12.8. The number of carbonyl (C=O) groups excluding carboxylic acids is 2. The van der Waals surface area contributed by atoms with E-state index in [1.165, 1.54) is 5.56 Å². The highest BCUT2D eigenvalue weighted by Crippen LogP contribution is 2.13. The Kier molecular flexibility index (Phi) is 9.06. The van der Waals surface area contributed by atoms with Crippen molar-refractivity contribution >= 4 is 17.8 Å². The molecule has 3 amide bonds. The third-order valence-electron chi connectivity index (χ3n) is 5.47. The van der Waals surface area contributed by atoms with Crippen LogP contribution in [0.2, 0.25) is 0 Å². The largest absolute Gasteiger partial charge is 0.378 e. The number of aromatic nitrogens is 1. The first kappa shape index (κ1) is 24.5. The molecule has 8 heteroatoms. The zero-order chi connectivity index (χ0) is 23.6. The maximum absolute atomic E-state index is 12.9. The molecule has 3 rings (SSSR count). The smallest absolute Gasteiger partial charge is 0.315 e. The summed E-state index contributed by atoms with van der Waals surface area (Å²) in [5, 5.41) is 8.59. The fourth-order valence-electron chi connectivity index (χ4n) is 3.64. The van der Waals surface area contributed by atoms with Crippen molar-refractivity contribution in [1.82, 2.24) is 20.9 Å². The Bertz CT molecular complexity index is 911. The molecule has 1 fully saturated rings. The van der Waals surface area contributed by atoms with E-state index >= 15 is 0 Å². The van der Waals surface area contributed by atoms with Gasteiger partial charge in [-0.25, -0.2) is 9.78 Å². The second kappa shape index (κ2) is 12.2. The Morgan fingerprint density at radius 3 is 2.45 bits per heavy atom. The number of urea groups is 1. The normalized spacial score (nSPS) is 14.6. The minimum atomic E-state index is -0.620. The number of nitrogens with one attached hydrogen (secondary N) is 3. The van der Waals surface area contributed by atoms with Gasteiger partial charge in [0.05, 0.1) is 25.5 Å². The van der Waals surface area contributed by atoms with Gasteiger partial charge in [0, 0.05) is 19.6 Å². The molecule has 0 radical (unpaired) electrons. The number of anilines is 1. The molecule has 0 saturated carbocycles. The molecular weight excluding hydrogens is 418 g/mol. The van der Waals surface area contributed by atoms with E-state index < -0.39 is 6.04 Å². The molecule has 2 heterocycles. The Balaban J connectivity index is 1.53. The Hall–Kier alpha value is -3.13. The number of morpholine rings is 1. The van der Waals surface area contributed by atoms with Crippen LogP contribution < -0.4 is 20.9 Å². The van der Waals surface area contributed by atoms with E-state index in [0.717, 1.165) is 30.2 Å². The van der Waals surface area contributed by atoms with Crippen molar-refractivity contribution in [3.63, 3.8) is 0 Å². The van der Waals surface area contributed by atoms with Crippen molar-refractivity contribution < 1.29 is 14.3 Å². The standard InChI is InChI=1S/C25H35N5O3/c1-18(2)15-22(29-25(32)27-16-20-9-7-19(3)8-10-20)24(31)26-17-21-5-4-6-23(28-21)30-11-13-33-14-12-30/h4-10,18,22H,11-17H2,1-3H3,(H,26,31)(H2,27,29,32). The van der Waals surface area contributed by atoms with Gasteiger partial charge in [-0.15, -0.1) is 0 Å². The lowest BCUT2D eigenvalue weighted by Gasteiger charge is -2.28. The number of amides is 3. The number of aryl methyl sites for hydroxylation is 1. The average molecular weight is 454 g/mol. The monoisotopic (exact) mass is 453 g/mol. The first-order valence-electron chi connectivity index (χ1n) is 11.6. The molecule has 1 aliphatic rings. The van der Waals surface area contributed by atoms with E-state index in [2.05, 4.69) is 25.8 Å². The number of benzene rings is 1. The van der Waals surface area contributed by atoms with Crippen molar-refractivity contribution in [3.8, 4) is 0 Å². The van der Waals surface area contributed by atoms with Crippen LogP contribution in [-0.4, -0.2) is 49.3 Å². The third kappa shape index (κ3) is 8.05.